The molecule has 0 saturated heterocycles. The maximum Gasteiger partial charge on any atom is 0.284 e. The Morgan fingerprint density at radius 3 is 2.87 bits per heavy atom. The lowest BCUT2D eigenvalue weighted by molar-refractivity contribution is 0.0711. The molecule has 0 aliphatic heterocycles. The highest BCUT2D eigenvalue weighted by Gasteiger charge is 2.09. The molecule has 0 radical (unpaired) electrons. The van der Waals surface area contributed by atoms with Gasteiger partial charge in [0.15, 0.2) is 0 Å². The number of fused-ring (bicyclic) bond motifs is 1. The monoisotopic (exact) mass is 221 g/mol. The van der Waals surface area contributed by atoms with Gasteiger partial charge in [-0.2, -0.15) is 0 Å². The predicted octanol–water partition coefficient (Wildman–Crippen LogP) is 1.83. The number of nitrogens with one attached hydrogen (secondary N) is 1. The van der Waals surface area contributed by atoms with E-state index in [1.165, 1.54) is 11.3 Å². The molecule has 1 aromatic heterocycles. The zero-order chi connectivity index (χ0) is 10.8. The Morgan fingerprint density at radius 2 is 2.20 bits per heavy atom. The van der Waals surface area contributed by atoms with Crippen LogP contribution in [0.5, 0.6) is 0 Å². The minimum Gasteiger partial charge on any atom is -0.298 e. The Balaban J connectivity index is 2.55. The largest absolute Gasteiger partial charge is 0.298 e. The van der Waals surface area contributed by atoms with Gasteiger partial charge in [0, 0.05) is 10.3 Å². The van der Waals surface area contributed by atoms with Gasteiger partial charge in [0.2, 0.25) is 0 Å². The molecule has 2 N–H and O–H groups in total. The maximum absolute atomic E-state index is 11.1. The summed E-state index contributed by atoms with van der Waals surface area (Å²) < 4.78 is 0.846. The maximum atomic E-state index is 11.1. The summed E-state index contributed by atoms with van der Waals surface area (Å²) >= 11 is 1.23. The van der Waals surface area contributed by atoms with Crippen molar-refractivity contribution < 1.29 is 14.8 Å². The second-order valence-electron chi connectivity index (χ2n) is 2.97. The molecule has 0 atom stereocenters. The van der Waals surface area contributed by atoms with E-state index >= 15 is 0 Å². The highest BCUT2D eigenvalue weighted by molar-refractivity contribution is 7.20. The normalized spacial score (nSPS) is 10.2. The molecule has 1 amide bonds. The molecule has 5 heteroatoms. The molecule has 0 aliphatic carbocycles. The van der Waals surface area contributed by atoms with Gasteiger partial charge in [0.25, 0.3) is 5.91 Å². The lowest BCUT2D eigenvalue weighted by atomic mass is 10.2. The summed E-state index contributed by atoms with van der Waals surface area (Å²) in [5, 5.41) is 9.34. The molecule has 1 aromatic carbocycles. The molecule has 4 nitrogen and oxygen atoms in total. The minimum absolute atomic E-state index is 0.413. The van der Waals surface area contributed by atoms with E-state index in [-0.39, 0.29) is 0 Å². The van der Waals surface area contributed by atoms with Crippen molar-refractivity contribution in [3.05, 3.63) is 34.7 Å². The molecule has 2 aromatic rings. The van der Waals surface area contributed by atoms with E-state index < -0.39 is 5.91 Å². The van der Waals surface area contributed by atoms with Crippen LogP contribution in [0, 0.1) is 0 Å². The molecule has 0 saturated carbocycles. The minimum atomic E-state index is -0.538. The van der Waals surface area contributed by atoms with Crippen LogP contribution < -0.4 is 5.48 Å². The number of amides is 1. The summed E-state index contributed by atoms with van der Waals surface area (Å²) in [6.07, 6.45) is 0.755. The molecular formula is C10H7NO3S. The van der Waals surface area contributed by atoms with Crippen LogP contribution in [-0.4, -0.2) is 17.4 Å². The van der Waals surface area contributed by atoms with Gasteiger partial charge in [-0.1, -0.05) is 12.1 Å². The average Bonchev–Trinajstić information content (AvgIpc) is 2.70. The fourth-order valence-corrected chi connectivity index (χ4v) is 2.29. The molecule has 76 valence electrons. The Bertz CT molecular complexity index is 532. The van der Waals surface area contributed by atoms with Crippen molar-refractivity contribution in [3.63, 3.8) is 0 Å². The summed E-state index contributed by atoms with van der Waals surface area (Å²) in [5.41, 5.74) is 2.14. The van der Waals surface area contributed by atoms with E-state index in [0.29, 0.717) is 10.4 Å². The van der Waals surface area contributed by atoms with Gasteiger partial charge in [0.1, 0.15) is 6.29 Å². The van der Waals surface area contributed by atoms with E-state index in [1.54, 1.807) is 29.7 Å². The number of rotatable bonds is 2. The quantitative estimate of drug-likeness (QED) is 0.462. The van der Waals surface area contributed by atoms with Crippen molar-refractivity contribution in [1.82, 2.24) is 5.48 Å². The van der Waals surface area contributed by atoms with Gasteiger partial charge in [0.05, 0.1) is 4.88 Å². The lowest BCUT2D eigenvalue weighted by Gasteiger charge is -1.89. The van der Waals surface area contributed by atoms with Crippen LogP contribution in [0.3, 0.4) is 0 Å². The first-order valence-corrected chi connectivity index (χ1v) is 4.99. The first kappa shape index (κ1) is 9.82. The van der Waals surface area contributed by atoms with E-state index in [4.69, 9.17) is 5.21 Å². The average molecular weight is 221 g/mol. The zero-order valence-corrected chi connectivity index (χ0v) is 8.38. The van der Waals surface area contributed by atoms with Gasteiger partial charge >= 0.3 is 0 Å². The van der Waals surface area contributed by atoms with Crippen molar-refractivity contribution in [2.45, 2.75) is 0 Å². The lowest BCUT2D eigenvalue weighted by Crippen LogP contribution is -2.16. The number of thiophene rings is 1. The number of hydrogen-bond acceptors (Lipinski definition) is 4. The Morgan fingerprint density at radius 1 is 1.40 bits per heavy atom. The van der Waals surface area contributed by atoms with Crippen LogP contribution >= 0.6 is 11.3 Å². The number of benzene rings is 1. The van der Waals surface area contributed by atoms with Crippen LogP contribution in [0.15, 0.2) is 24.3 Å². The Labute approximate surface area is 89.1 Å². The Hall–Kier alpha value is -1.72. The molecule has 0 fully saturated rings. The SMILES string of the molecule is O=Cc1ccc2cc(C(=O)NO)sc2c1. The number of hydroxylamine groups is 1. The van der Waals surface area contributed by atoms with Gasteiger partial charge in [-0.15, -0.1) is 11.3 Å². The zero-order valence-electron chi connectivity index (χ0n) is 7.56. The van der Waals surface area contributed by atoms with Crippen molar-refractivity contribution in [1.29, 1.82) is 0 Å². The third kappa shape index (κ3) is 1.74. The van der Waals surface area contributed by atoms with Crippen LogP contribution in [0.2, 0.25) is 0 Å². The second-order valence-corrected chi connectivity index (χ2v) is 4.05. The van der Waals surface area contributed by atoms with E-state index in [0.717, 1.165) is 16.4 Å². The molecule has 2 rings (SSSR count). The fourth-order valence-electron chi connectivity index (χ4n) is 1.29. The summed E-state index contributed by atoms with van der Waals surface area (Å²) in [6, 6.07) is 6.83. The van der Waals surface area contributed by atoms with E-state index in [2.05, 4.69) is 0 Å². The van der Waals surface area contributed by atoms with Gasteiger partial charge in [-0.3, -0.25) is 14.8 Å². The van der Waals surface area contributed by atoms with Gasteiger partial charge in [-0.05, 0) is 17.5 Å². The molecule has 0 unspecified atom stereocenters. The first-order chi connectivity index (χ1) is 7.24. The van der Waals surface area contributed by atoms with Crippen molar-refractivity contribution in [3.8, 4) is 0 Å². The number of carbonyl (C=O) groups is 2. The van der Waals surface area contributed by atoms with E-state index in [9.17, 15) is 9.59 Å². The standard InChI is InChI=1S/C10H7NO3S/c12-5-6-1-2-7-4-9(10(13)11-14)15-8(7)3-6/h1-5,14H,(H,11,13). The molecule has 0 bridgehead atoms. The Kier molecular flexibility index (Phi) is 2.49. The number of hydrogen-bond donors (Lipinski definition) is 2. The van der Waals surface area contributed by atoms with Crippen molar-refractivity contribution in [2.75, 3.05) is 0 Å². The van der Waals surface area contributed by atoms with Crippen molar-refractivity contribution >= 4 is 33.6 Å². The number of carbonyl (C=O) groups excluding carboxylic acids is 2. The van der Waals surface area contributed by atoms with Gasteiger partial charge < -0.3 is 0 Å². The summed E-state index contributed by atoms with van der Waals surface area (Å²) in [7, 11) is 0. The third-order valence-electron chi connectivity index (χ3n) is 2.01. The highest BCUT2D eigenvalue weighted by Crippen LogP contribution is 2.26. The summed E-state index contributed by atoms with van der Waals surface area (Å²) in [5.74, 6) is -0.538. The summed E-state index contributed by atoms with van der Waals surface area (Å²) in [4.78, 5) is 22.1. The van der Waals surface area contributed by atoms with Crippen LogP contribution in [0.4, 0.5) is 0 Å². The summed E-state index contributed by atoms with van der Waals surface area (Å²) in [6.45, 7) is 0. The van der Waals surface area contributed by atoms with Gasteiger partial charge in [-0.25, -0.2) is 5.48 Å². The van der Waals surface area contributed by atoms with E-state index in [1.807, 2.05) is 0 Å². The topological polar surface area (TPSA) is 66.4 Å². The molecular weight excluding hydrogens is 214 g/mol. The van der Waals surface area contributed by atoms with Crippen LogP contribution in [0.25, 0.3) is 10.1 Å². The first-order valence-electron chi connectivity index (χ1n) is 4.18. The second kappa shape index (κ2) is 3.80. The molecule has 1 heterocycles. The molecule has 0 spiro atoms. The number of aldehydes is 1. The highest BCUT2D eigenvalue weighted by atomic mass is 32.1. The van der Waals surface area contributed by atoms with Crippen LogP contribution in [-0.2, 0) is 0 Å². The predicted molar refractivity (Wildman–Crippen MR) is 56.5 cm³/mol. The van der Waals surface area contributed by atoms with Crippen molar-refractivity contribution in [2.24, 2.45) is 0 Å². The third-order valence-corrected chi connectivity index (χ3v) is 3.10. The molecule has 15 heavy (non-hydrogen) atoms. The van der Waals surface area contributed by atoms with Crippen LogP contribution in [0.1, 0.15) is 20.0 Å². The molecule has 0 aliphatic rings. The fraction of sp³-hybridized carbons (Fsp3) is 0. The smallest absolute Gasteiger partial charge is 0.284 e.